The summed E-state index contributed by atoms with van der Waals surface area (Å²) < 4.78 is 11.1. The lowest BCUT2D eigenvalue weighted by Gasteiger charge is -2.34. The predicted molar refractivity (Wildman–Crippen MR) is 198 cm³/mol. The third-order valence-electron chi connectivity index (χ3n) is 10.8. The number of nitrogens with zero attached hydrogens (tertiary/aromatic N) is 4. The average molecular weight is 703 g/mol. The molecule has 4 aromatic carbocycles. The maximum atomic E-state index is 15.4. The first kappa shape index (κ1) is 36.2. The van der Waals surface area contributed by atoms with Gasteiger partial charge in [-0.25, -0.2) is 9.59 Å². The van der Waals surface area contributed by atoms with Gasteiger partial charge in [0.1, 0.15) is 11.5 Å². The molecule has 2 aliphatic rings. The Labute approximate surface area is 305 Å². The SMILES string of the molecule is COc1cccc(C[C@H](C(=O)N2C(=O)N(C)[C@H](C)[C@@H]2c2ccccc2)[C@H](Cc2cccc(OC)c2)C(=O)N2C(=O)N(C)[C@H](C)[C@@H]2c2ccccc2)c1. The smallest absolute Gasteiger partial charge is 0.327 e. The van der Waals surface area contributed by atoms with E-state index < -0.39 is 47.8 Å². The maximum Gasteiger partial charge on any atom is 0.327 e. The molecule has 2 heterocycles. The van der Waals surface area contributed by atoms with Crippen LogP contribution in [0, 0.1) is 11.8 Å². The van der Waals surface area contributed by atoms with Gasteiger partial charge in [0.2, 0.25) is 11.8 Å². The van der Waals surface area contributed by atoms with Gasteiger partial charge in [0.15, 0.2) is 0 Å². The molecule has 6 amide bonds. The Balaban J connectivity index is 1.52. The Bertz CT molecular complexity index is 1780. The quantitative estimate of drug-likeness (QED) is 0.171. The molecular formula is C42H46N4O6. The monoisotopic (exact) mass is 702 g/mol. The van der Waals surface area contributed by atoms with Crippen LogP contribution in [0.3, 0.4) is 0 Å². The summed E-state index contributed by atoms with van der Waals surface area (Å²) in [4.78, 5) is 64.8. The van der Waals surface area contributed by atoms with Crippen LogP contribution in [0.25, 0.3) is 0 Å². The molecule has 0 aromatic heterocycles. The number of urea groups is 2. The molecule has 270 valence electrons. The number of benzene rings is 4. The van der Waals surface area contributed by atoms with E-state index in [9.17, 15) is 9.59 Å². The number of carbonyl (C=O) groups excluding carboxylic acids is 4. The van der Waals surface area contributed by atoms with E-state index in [0.717, 1.165) is 22.3 Å². The van der Waals surface area contributed by atoms with Crippen LogP contribution in [0.2, 0.25) is 0 Å². The molecule has 52 heavy (non-hydrogen) atoms. The van der Waals surface area contributed by atoms with Gasteiger partial charge in [0, 0.05) is 14.1 Å². The van der Waals surface area contributed by atoms with Gasteiger partial charge in [0.05, 0.1) is 50.2 Å². The standard InChI is InChI=1S/C42H46N4O6/c1-27-37(31-17-9-7-10-18-31)45(41(49)43(27)3)39(47)35(25-29-15-13-21-33(23-29)51-5)36(26-30-16-14-22-34(24-30)52-6)40(48)46-38(28(2)44(4)42(46)50)32-19-11-8-12-20-32/h7-24,27-28,35-38H,25-26H2,1-6H3/t27-,28-,35+,36+,37-,38-/m1/s1. The third kappa shape index (κ3) is 6.85. The Hall–Kier alpha value is -5.64. The molecule has 0 bridgehead atoms. The largest absolute Gasteiger partial charge is 0.497 e. The number of imide groups is 2. The summed E-state index contributed by atoms with van der Waals surface area (Å²) in [6.07, 6.45) is 0.229. The highest BCUT2D eigenvalue weighted by Gasteiger charge is 2.53. The molecule has 4 aromatic rings. The highest BCUT2D eigenvalue weighted by atomic mass is 16.5. The number of amides is 6. The van der Waals surface area contributed by atoms with E-state index >= 15 is 9.59 Å². The minimum Gasteiger partial charge on any atom is -0.497 e. The van der Waals surface area contributed by atoms with Gasteiger partial charge in [-0.15, -0.1) is 0 Å². The highest BCUT2D eigenvalue weighted by molar-refractivity contribution is 6.03. The zero-order valence-corrected chi connectivity index (χ0v) is 30.5. The van der Waals surface area contributed by atoms with Crippen molar-refractivity contribution >= 4 is 23.9 Å². The van der Waals surface area contributed by atoms with Gasteiger partial charge in [0.25, 0.3) is 0 Å². The van der Waals surface area contributed by atoms with Crippen molar-refractivity contribution in [3.63, 3.8) is 0 Å². The first-order chi connectivity index (χ1) is 25.0. The molecule has 0 unspecified atom stereocenters. The van der Waals surface area contributed by atoms with E-state index in [1.807, 2.05) is 123 Å². The van der Waals surface area contributed by atoms with Crippen molar-refractivity contribution in [3.8, 4) is 11.5 Å². The zero-order valence-electron chi connectivity index (χ0n) is 30.5. The van der Waals surface area contributed by atoms with Crippen LogP contribution in [0.1, 0.15) is 48.2 Å². The number of hydrogen-bond acceptors (Lipinski definition) is 6. The second kappa shape index (κ2) is 15.3. The number of likely N-dealkylation sites (N-methyl/N-ethyl adjacent to an activating group) is 2. The normalized spacial score (nSPS) is 21.3. The Morgan fingerprint density at radius 3 is 1.29 bits per heavy atom. The molecular weight excluding hydrogens is 656 g/mol. The molecule has 0 N–H and O–H groups in total. The van der Waals surface area contributed by atoms with E-state index in [1.165, 1.54) is 9.80 Å². The van der Waals surface area contributed by atoms with E-state index in [2.05, 4.69) is 0 Å². The molecule has 2 aliphatic heterocycles. The predicted octanol–water partition coefficient (Wildman–Crippen LogP) is 6.77. The Kier molecular flexibility index (Phi) is 10.6. The van der Waals surface area contributed by atoms with E-state index in [-0.39, 0.29) is 24.9 Å². The fourth-order valence-electron chi connectivity index (χ4n) is 7.67. The first-order valence-electron chi connectivity index (χ1n) is 17.6. The fraction of sp³-hybridized carbons (Fsp3) is 0.333. The number of hydrogen-bond donors (Lipinski definition) is 0. The minimum absolute atomic E-state index is 0.114. The molecule has 0 aliphatic carbocycles. The van der Waals surface area contributed by atoms with Crippen LogP contribution < -0.4 is 9.47 Å². The molecule has 2 fully saturated rings. The summed E-state index contributed by atoms with van der Waals surface area (Å²) in [5.41, 5.74) is 3.13. The summed E-state index contributed by atoms with van der Waals surface area (Å²) in [7, 11) is 6.52. The lowest BCUT2D eigenvalue weighted by atomic mass is 9.80. The second-order valence-electron chi connectivity index (χ2n) is 13.7. The van der Waals surface area contributed by atoms with E-state index in [0.29, 0.717) is 11.5 Å². The first-order valence-corrected chi connectivity index (χ1v) is 17.6. The van der Waals surface area contributed by atoms with Gasteiger partial charge >= 0.3 is 12.1 Å². The van der Waals surface area contributed by atoms with Crippen LogP contribution in [0.5, 0.6) is 11.5 Å². The van der Waals surface area contributed by atoms with E-state index in [1.54, 1.807) is 38.1 Å². The summed E-state index contributed by atoms with van der Waals surface area (Å²) >= 11 is 0. The van der Waals surface area contributed by atoms with Crippen molar-refractivity contribution in [1.29, 1.82) is 0 Å². The second-order valence-corrected chi connectivity index (χ2v) is 13.7. The fourth-order valence-corrected chi connectivity index (χ4v) is 7.67. The molecule has 2 saturated heterocycles. The van der Waals surface area contributed by atoms with Gasteiger partial charge in [-0.05, 0) is 73.2 Å². The number of ether oxygens (including phenoxy) is 2. The molecule has 6 atom stereocenters. The van der Waals surface area contributed by atoms with Gasteiger partial charge in [-0.2, -0.15) is 0 Å². The maximum absolute atomic E-state index is 15.4. The third-order valence-corrected chi connectivity index (χ3v) is 10.8. The summed E-state index contributed by atoms with van der Waals surface area (Å²) in [6.45, 7) is 3.84. The van der Waals surface area contributed by atoms with Crippen molar-refractivity contribution in [1.82, 2.24) is 19.6 Å². The van der Waals surface area contributed by atoms with E-state index in [4.69, 9.17) is 9.47 Å². The van der Waals surface area contributed by atoms with Crippen molar-refractivity contribution in [2.45, 2.75) is 50.9 Å². The van der Waals surface area contributed by atoms with Crippen LogP contribution in [0.4, 0.5) is 9.59 Å². The van der Waals surface area contributed by atoms with Crippen molar-refractivity contribution in [2.75, 3.05) is 28.3 Å². The highest BCUT2D eigenvalue weighted by Crippen LogP contribution is 2.41. The molecule has 6 rings (SSSR count). The van der Waals surface area contributed by atoms with Crippen molar-refractivity contribution < 1.29 is 28.7 Å². The van der Waals surface area contributed by atoms with Gasteiger partial charge in [-0.1, -0.05) is 84.9 Å². The van der Waals surface area contributed by atoms with Crippen molar-refractivity contribution in [2.24, 2.45) is 11.8 Å². The molecule has 0 radical (unpaired) electrons. The number of methoxy groups -OCH3 is 2. The van der Waals surface area contributed by atoms with Crippen molar-refractivity contribution in [3.05, 3.63) is 131 Å². The summed E-state index contributed by atoms with van der Waals surface area (Å²) in [5, 5.41) is 0. The molecule has 0 saturated carbocycles. The Morgan fingerprint density at radius 1 is 0.577 bits per heavy atom. The topological polar surface area (TPSA) is 99.7 Å². The zero-order chi connectivity index (χ0) is 37.1. The average Bonchev–Trinajstić information content (AvgIpc) is 3.55. The van der Waals surface area contributed by atoms with Crippen LogP contribution in [-0.4, -0.2) is 83.9 Å². The van der Waals surface area contributed by atoms with Gasteiger partial charge < -0.3 is 19.3 Å². The number of carbonyl (C=O) groups is 4. The van der Waals surface area contributed by atoms with Crippen LogP contribution in [0.15, 0.2) is 109 Å². The molecule has 10 nitrogen and oxygen atoms in total. The lowest BCUT2D eigenvalue weighted by molar-refractivity contribution is -0.144. The Morgan fingerprint density at radius 2 is 0.942 bits per heavy atom. The number of rotatable bonds is 11. The molecule has 10 heteroatoms. The van der Waals surface area contributed by atoms with Crippen LogP contribution >= 0.6 is 0 Å². The molecule has 0 spiro atoms. The lowest BCUT2D eigenvalue weighted by Crippen LogP contribution is -2.49. The summed E-state index contributed by atoms with van der Waals surface area (Å²) in [5.74, 6) is -1.87. The van der Waals surface area contributed by atoms with Gasteiger partial charge in [-0.3, -0.25) is 19.4 Å². The minimum atomic E-state index is -1.05. The summed E-state index contributed by atoms with van der Waals surface area (Å²) in [6, 6.07) is 31.0. The van der Waals surface area contributed by atoms with Crippen LogP contribution in [-0.2, 0) is 22.4 Å².